The Kier molecular flexibility index (Phi) is 4.90. The molecule has 0 heterocycles. The van der Waals surface area contributed by atoms with Gasteiger partial charge in [-0.25, -0.2) is 13.6 Å². The zero-order chi connectivity index (χ0) is 17.0. The van der Waals surface area contributed by atoms with E-state index in [1.54, 1.807) is 0 Å². The van der Waals surface area contributed by atoms with E-state index in [1.807, 2.05) is 0 Å². The van der Waals surface area contributed by atoms with Gasteiger partial charge in [0, 0.05) is 6.07 Å². The van der Waals surface area contributed by atoms with E-state index in [1.165, 1.54) is 31.2 Å². The number of carbonyl (C=O) groups is 2. The lowest BCUT2D eigenvalue weighted by Gasteiger charge is -2.14. The number of phenols is 1. The summed E-state index contributed by atoms with van der Waals surface area (Å²) in [5, 5.41) is 11.7. The first-order valence-corrected chi connectivity index (χ1v) is 6.63. The zero-order valence-electron chi connectivity index (χ0n) is 12.0. The number of halogens is 2. The van der Waals surface area contributed by atoms with Crippen LogP contribution in [0.3, 0.4) is 0 Å². The van der Waals surface area contributed by atoms with Crippen LogP contribution in [-0.4, -0.2) is 23.1 Å². The first kappa shape index (κ1) is 16.4. The summed E-state index contributed by atoms with van der Waals surface area (Å²) >= 11 is 0. The molecule has 0 bridgehead atoms. The number of nitrogens with one attached hydrogen (secondary N) is 1. The Morgan fingerprint density at radius 3 is 2.57 bits per heavy atom. The van der Waals surface area contributed by atoms with Crippen LogP contribution in [0.15, 0.2) is 42.5 Å². The summed E-state index contributed by atoms with van der Waals surface area (Å²) in [5.41, 5.74) is -0.468. The van der Waals surface area contributed by atoms with Gasteiger partial charge in [0.1, 0.15) is 22.9 Å². The molecular formula is C16H13F2NO4. The minimum Gasteiger partial charge on any atom is -0.507 e. The van der Waals surface area contributed by atoms with E-state index in [4.69, 9.17) is 4.74 Å². The predicted octanol–water partition coefficient (Wildman–Crippen LogP) is 2.85. The number of anilines is 1. The highest BCUT2D eigenvalue weighted by Crippen LogP contribution is 2.18. The SMILES string of the molecule is CC(OC(=O)c1ccccc1O)C(=O)Nc1cc(F)ccc1F. The molecule has 0 fully saturated rings. The Balaban J connectivity index is 2.04. The van der Waals surface area contributed by atoms with Gasteiger partial charge < -0.3 is 15.2 Å². The molecular weight excluding hydrogens is 308 g/mol. The third-order valence-corrected chi connectivity index (χ3v) is 2.96. The molecule has 2 N–H and O–H groups in total. The average Bonchev–Trinajstić information content (AvgIpc) is 2.51. The van der Waals surface area contributed by atoms with Gasteiger partial charge in [0.15, 0.2) is 6.10 Å². The molecule has 23 heavy (non-hydrogen) atoms. The van der Waals surface area contributed by atoms with E-state index in [0.717, 1.165) is 18.2 Å². The number of esters is 1. The predicted molar refractivity (Wildman–Crippen MR) is 78.0 cm³/mol. The second kappa shape index (κ2) is 6.87. The maximum atomic E-state index is 13.5. The number of phenolic OH excluding ortho intramolecular Hbond substituents is 1. The molecule has 2 rings (SSSR count). The summed E-state index contributed by atoms with van der Waals surface area (Å²) in [5.74, 6) is -3.58. The average molecular weight is 321 g/mol. The Morgan fingerprint density at radius 2 is 1.87 bits per heavy atom. The lowest BCUT2D eigenvalue weighted by Crippen LogP contribution is -2.30. The number of para-hydroxylation sites is 1. The van der Waals surface area contributed by atoms with Crippen molar-refractivity contribution in [3.05, 3.63) is 59.7 Å². The number of ether oxygens (including phenoxy) is 1. The Labute approximate surface area is 130 Å². The van der Waals surface area contributed by atoms with Gasteiger partial charge in [-0.15, -0.1) is 0 Å². The largest absolute Gasteiger partial charge is 0.507 e. The lowest BCUT2D eigenvalue weighted by atomic mass is 10.2. The zero-order valence-corrected chi connectivity index (χ0v) is 12.0. The van der Waals surface area contributed by atoms with Gasteiger partial charge >= 0.3 is 5.97 Å². The van der Waals surface area contributed by atoms with Crippen molar-refractivity contribution in [2.45, 2.75) is 13.0 Å². The first-order valence-electron chi connectivity index (χ1n) is 6.63. The number of carbonyl (C=O) groups excluding carboxylic acids is 2. The van der Waals surface area contributed by atoms with Crippen molar-refractivity contribution in [2.75, 3.05) is 5.32 Å². The highest BCUT2D eigenvalue weighted by atomic mass is 19.1. The van der Waals surface area contributed by atoms with Gasteiger partial charge in [-0.2, -0.15) is 0 Å². The minimum absolute atomic E-state index is 0.107. The first-order chi connectivity index (χ1) is 10.9. The lowest BCUT2D eigenvalue weighted by molar-refractivity contribution is -0.123. The van der Waals surface area contributed by atoms with Crippen LogP contribution < -0.4 is 5.32 Å². The van der Waals surface area contributed by atoms with Gasteiger partial charge in [-0.3, -0.25) is 4.79 Å². The number of hydrogen-bond acceptors (Lipinski definition) is 4. The van der Waals surface area contributed by atoms with Crippen LogP contribution in [0.1, 0.15) is 17.3 Å². The molecule has 7 heteroatoms. The number of rotatable bonds is 4. The Bertz CT molecular complexity index is 749. The van der Waals surface area contributed by atoms with E-state index in [9.17, 15) is 23.5 Å². The highest BCUT2D eigenvalue weighted by Gasteiger charge is 2.21. The van der Waals surface area contributed by atoms with Crippen molar-refractivity contribution in [1.82, 2.24) is 0 Å². The normalized spacial score (nSPS) is 11.6. The Hall–Kier alpha value is -2.96. The van der Waals surface area contributed by atoms with Crippen LogP contribution in [0.2, 0.25) is 0 Å². The molecule has 1 amide bonds. The molecule has 0 spiro atoms. The minimum atomic E-state index is -1.27. The summed E-state index contributed by atoms with van der Waals surface area (Å²) in [7, 11) is 0. The maximum absolute atomic E-state index is 13.5. The van der Waals surface area contributed by atoms with Crippen LogP contribution in [0.4, 0.5) is 14.5 Å². The van der Waals surface area contributed by atoms with E-state index in [2.05, 4.69) is 5.32 Å². The van der Waals surface area contributed by atoms with Gasteiger partial charge in [-0.05, 0) is 31.2 Å². The monoisotopic (exact) mass is 321 g/mol. The van der Waals surface area contributed by atoms with Crippen molar-refractivity contribution in [2.24, 2.45) is 0 Å². The molecule has 0 saturated heterocycles. The molecule has 1 unspecified atom stereocenters. The van der Waals surface area contributed by atoms with Crippen molar-refractivity contribution >= 4 is 17.6 Å². The van der Waals surface area contributed by atoms with Crippen molar-refractivity contribution in [1.29, 1.82) is 0 Å². The van der Waals surface area contributed by atoms with Crippen LogP contribution in [0.25, 0.3) is 0 Å². The molecule has 0 aliphatic carbocycles. The summed E-state index contributed by atoms with van der Waals surface area (Å²) < 4.78 is 31.4. The molecule has 0 saturated carbocycles. The van der Waals surface area contributed by atoms with Gasteiger partial charge in [-0.1, -0.05) is 12.1 Å². The number of hydrogen-bond donors (Lipinski definition) is 2. The van der Waals surface area contributed by atoms with E-state index in [-0.39, 0.29) is 17.0 Å². The molecule has 0 radical (unpaired) electrons. The van der Waals surface area contributed by atoms with Gasteiger partial charge in [0.25, 0.3) is 5.91 Å². The second-order valence-electron chi connectivity index (χ2n) is 4.68. The summed E-state index contributed by atoms with van der Waals surface area (Å²) in [4.78, 5) is 23.7. The number of benzene rings is 2. The molecule has 2 aromatic carbocycles. The molecule has 0 aromatic heterocycles. The van der Waals surface area contributed by atoms with Gasteiger partial charge in [0.2, 0.25) is 0 Å². The van der Waals surface area contributed by atoms with Crippen LogP contribution in [-0.2, 0) is 9.53 Å². The van der Waals surface area contributed by atoms with Gasteiger partial charge in [0.05, 0.1) is 5.69 Å². The molecule has 5 nitrogen and oxygen atoms in total. The summed E-state index contributed by atoms with van der Waals surface area (Å²) in [6.07, 6.45) is -1.27. The van der Waals surface area contributed by atoms with Crippen molar-refractivity contribution < 1.29 is 28.2 Å². The number of amides is 1. The van der Waals surface area contributed by atoms with Crippen LogP contribution in [0, 0.1) is 11.6 Å². The van der Waals surface area contributed by atoms with E-state index >= 15 is 0 Å². The summed E-state index contributed by atoms with van der Waals surface area (Å²) in [6.45, 7) is 1.27. The van der Waals surface area contributed by atoms with Crippen molar-refractivity contribution in [3.8, 4) is 5.75 Å². The van der Waals surface area contributed by atoms with E-state index < -0.39 is 29.6 Å². The third-order valence-electron chi connectivity index (χ3n) is 2.96. The van der Waals surface area contributed by atoms with E-state index in [0.29, 0.717) is 0 Å². The third kappa shape index (κ3) is 4.03. The fourth-order valence-electron chi connectivity index (χ4n) is 1.75. The molecule has 2 aromatic rings. The number of aromatic hydroxyl groups is 1. The summed E-state index contributed by atoms with van der Waals surface area (Å²) in [6, 6.07) is 8.25. The standard InChI is InChI=1S/C16H13F2NO4/c1-9(23-16(22)11-4-2-3-5-14(11)20)15(21)19-13-8-10(17)6-7-12(13)18/h2-9,20H,1H3,(H,19,21). The molecule has 0 aliphatic rings. The molecule has 1 atom stereocenters. The van der Waals surface area contributed by atoms with Crippen molar-refractivity contribution in [3.63, 3.8) is 0 Å². The fourth-order valence-corrected chi connectivity index (χ4v) is 1.75. The second-order valence-corrected chi connectivity index (χ2v) is 4.68. The fraction of sp³-hybridized carbons (Fsp3) is 0.125. The maximum Gasteiger partial charge on any atom is 0.342 e. The highest BCUT2D eigenvalue weighted by molar-refractivity contribution is 5.98. The molecule has 0 aliphatic heterocycles. The van der Waals surface area contributed by atoms with Crippen LogP contribution >= 0.6 is 0 Å². The quantitative estimate of drug-likeness (QED) is 0.849. The Morgan fingerprint density at radius 1 is 1.17 bits per heavy atom. The topological polar surface area (TPSA) is 75.6 Å². The smallest absolute Gasteiger partial charge is 0.342 e. The van der Waals surface area contributed by atoms with Crippen LogP contribution in [0.5, 0.6) is 5.75 Å². The molecule has 120 valence electrons.